The molecule has 5 rings (SSSR count). The molecule has 9 heteroatoms. The van der Waals surface area contributed by atoms with Gasteiger partial charge in [0.05, 0.1) is 0 Å². The second-order valence-corrected chi connectivity index (χ2v) is 9.00. The van der Waals surface area contributed by atoms with Crippen molar-refractivity contribution >= 4 is 23.2 Å². The Balaban J connectivity index is 1.30. The average molecular weight is 500 g/mol. The molecule has 4 aromatic rings. The molecule has 2 amide bonds. The van der Waals surface area contributed by atoms with Crippen LogP contribution in [-0.2, 0) is 6.54 Å². The summed E-state index contributed by atoms with van der Waals surface area (Å²) < 4.78 is 19.6. The van der Waals surface area contributed by atoms with Gasteiger partial charge in [-0.2, -0.15) is 0 Å². The van der Waals surface area contributed by atoms with Crippen molar-refractivity contribution < 1.29 is 18.5 Å². The number of benzene rings is 2. The fourth-order valence-corrected chi connectivity index (χ4v) is 4.32. The molecule has 0 saturated carbocycles. The number of rotatable bonds is 7. The Bertz CT molecular complexity index is 1430. The third-order valence-electron chi connectivity index (χ3n) is 6.30. The van der Waals surface area contributed by atoms with Crippen molar-refractivity contribution in [2.75, 3.05) is 23.3 Å². The van der Waals surface area contributed by atoms with E-state index in [-0.39, 0.29) is 11.3 Å². The smallest absolute Gasteiger partial charge is 0.290 e. The van der Waals surface area contributed by atoms with Crippen LogP contribution < -0.4 is 15.5 Å². The summed E-state index contributed by atoms with van der Waals surface area (Å²) in [5.41, 5.74) is 4.38. The number of amides is 2. The highest BCUT2D eigenvalue weighted by Crippen LogP contribution is 2.28. The molecule has 2 N–H and O–H groups in total. The first-order chi connectivity index (χ1) is 18.0. The van der Waals surface area contributed by atoms with Crippen molar-refractivity contribution in [2.45, 2.75) is 26.3 Å². The van der Waals surface area contributed by atoms with Crippen LogP contribution in [-0.4, -0.2) is 35.0 Å². The summed E-state index contributed by atoms with van der Waals surface area (Å²) in [5.74, 6) is -1.19. The Kier molecular flexibility index (Phi) is 6.93. The van der Waals surface area contributed by atoms with Crippen LogP contribution in [0.5, 0.6) is 0 Å². The van der Waals surface area contributed by atoms with Gasteiger partial charge in [-0.3, -0.25) is 14.6 Å². The maximum Gasteiger partial charge on any atom is 0.290 e. The van der Waals surface area contributed by atoms with E-state index in [1.807, 2.05) is 19.1 Å². The van der Waals surface area contributed by atoms with Crippen LogP contribution in [0.2, 0.25) is 0 Å². The fraction of sp³-hybridized carbons (Fsp3) is 0.214. The summed E-state index contributed by atoms with van der Waals surface area (Å²) >= 11 is 0. The van der Waals surface area contributed by atoms with Crippen molar-refractivity contribution in [3.63, 3.8) is 0 Å². The van der Waals surface area contributed by atoms with Gasteiger partial charge in [0, 0.05) is 60.6 Å². The lowest BCUT2D eigenvalue weighted by molar-refractivity contribution is 0.0913. The van der Waals surface area contributed by atoms with Gasteiger partial charge in [0.1, 0.15) is 11.5 Å². The molecule has 0 radical (unpaired) electrons. The zero-order valence-corrected chi connectivity index (χ0v) is 20.3. The highest BCUT2D eigenvalue weighted by Gasteiger charge is 2.18. The van der Waals surface area contributed by atoms with E-state index in [1.54, 1.807) is 42.7 Å². The number of carbonyl (C=O) groups excluding carboxylic acids is 2. The highest BCUT2D eigenvalue weighted by atomic mass is 19.1. The van der Waals surface area contributed by atoms with Crippen LogP contribution in [0, 0.1) is 12.7 Å². The highest BCUT2D eigenvalue weighted by molar-refractivity contribution is 6.05. The molecular formula is C28H26FN5O3. The van der Waals surface area contributed by atoms with E-state index in [4.69, 9.17) is 4.52 Å². The Morgan fingerprint density at radius 1 is 1.05 bits per heavy atom. The first kappa shape index (κ1) is 24.2. The van der Waals surface area contributed by atoms with Crippen LogP contribution in [0.1, 0.15) is 44.9 Å². The first-order valence-corrected chi connectivity index (χ1v) is 12.1. The molecule has 2 aromatic carbocycles. The van der Waals surface area contributed by atoms with Crippen LogP contribution in [0.4, 0.5) is 15.8 Å². The van der Waals surface area contributed by atoms with Gasteiger partial charge in [-0.25, -0.2) is 4.39 Å². The molecule has 0 spiro atoms. The van der Waals surface area contributed by atoms with Crippen molar-refractivity contribution in [2.24, 2.45) is 0 Å². The van der Waals surface area contributed by atoms with Gasteiger partial charge < -0.3 is 20.1 Å². The van der Waals surface area contributed by atoms with Gasteiger partial charge in [-0.15, -0.1) is 0 Å². The molecular weight excluding hydrogens is 473 g/mol. The fourth-order valence-electron chi connectivity index (χ4n) is 4.32. The topological polar surface area (TPSA) is 100 Å². The van der Waals surface area contributed by atoms with Crippen LogP contribution >= 0.6 is 0 Å². The molecule has 0 unspecified atom stereocenters. The number of aryl methyl sites for hydroxylation is 1. The Labute approximate surface area is 213 Å². The zero-order valence-electron chi connectivity index (χ0n) is 20.3. The van der Waals surface area contributed by atoms with Crippen LogP contribution in [0.15, 0.2) is 71.5 Å². The Morgan fingerprint density at radius 2 is 1.89 bits per heavy atom. The molecule has 1 fully saturated rings. The first-order valence-electron chi connectivity index (χ1n) is 12.1. The van der Waals surface area contributed by atoms with E-state index < -0.39 is 17.6 Å². The Hall–Kier alpha value is -4.53. The Morgan fingerprint density at radius 3 is 2.68 bits per heavy atom. The lowest BCUT2D eigenvalue weighted by Crippen LogP contribution is -2.22. The summed E-state index contributed by atoms with van der Waals surface area (Å²) in [6, 6.07) is 15.0. The van der Waals surface area contributed by atoms with E-state index in [9.17, 15) is 14.0 Å². The average Bonchev–Trinajstić information content (AvgIpc) is 3.62. The van der Waals surface area contributed by atoms with E-state index in [1.165, 1.54) is 12.1 Å². The molecule has 3 heterocycles. The van der Waals surface area contributed by atoms with Crippen molar-refractivity contribution in [1.29, 1.82) is 0 Å². The SMILES string of the molecule is Cc1ccc(NC(=O)c2cc(F)cc(N3CCCC3)c2)cc1-c1cc(C(=O)NCc2cccnc2)on1. The minimum absolute atomic E-state index is 0.0712. The third-order valence-corrected chi connectivity index (χ3v) is 6.30. The predicted molar refractivity (Wildman–Crippen MR) is 138 cm³/mol. The van der Waals surface area contributed by atoms with E-state index in [2.05, 4.69) is 25.7 Å². The molecule has 188 valence electrons. The largest absolute Gasteiger partial charge is 0.371 e. The number of hydrogen-bond donors (Lipinski definition) is 2. The predicted octanol–water partition coefficient (Wildman–Crippen LogP) is 4.97. The van der Waals surface area contributed by atoms with Crippen molar-refractivity contribution in [1.82, 2.24) is 15.5 Å². The molecule has 8 nitrogen and oxygen atoms in total. The van der Waals surface area contributed by atoms with Gasteiger partial charge in [0.25, 0.3) is 11.8 Å². The van der Waals surface area contributed by atoms with Gasteiger partial charge in [-0.05, 0) is 67.3 Å². The minimum Gasteiger partial charge on any atom is -0.371 e. The van der Waals surface area contributed by atoms with Gasteiger partial charge in [0.2, 0.25) is 5.76 Å². The summed E-state index contributed by atoms with van der Waals surface area (Å²) in [4.78, 5) is 31.6. The summed E-state index contributed by atoms with van der Waals surface area (Å²) in [7, 11) is 0. The molecule has 0 bridgehead atoms. The normalized spacial score (nSPS) is 13.0. The zero-order chi connectivity index (χ0) is 25.8. The lowest BCUT2D eigenvalue weighted by Gasteiger charge is -2.18. The van der Waals surface area contributed by atoms with Gasteiger partial charge >= 0.3 is 0 Å². The third kappa shape index (κ3) is 5.66. The molecule has 0 aliphatic carbocycles. The lowest BCUT2D eigenvalue weighted by atomic mass is 10.0. The number of halogens is 1. The summed E-state index contributed by atoms with van der Waals surface area (Å²) in [6.45, 7) is 3.91. The quantitative estimate of drug-likeness (QED) is 0.373. The number of carbonyl (C=O) groups is 2. The summed E-state index contributed by atoms with van der Waals surface area (Å²) in [5, 5.41) is 9.67. The number of pyridine rings is 1. The maximum atomic E-state index is 14.3. The van der Waals surface area contributed by atoms with Crippen LogP contribution in [0.25, 0.3) is 11.3 Å². The monoisotopic (exact) mass is 499 g/mol. The van der Waals surface area contributed by atoms with Crippen molar-refractivity contribution in [3.05, 3.63) is 95.3 Å². The molecule has 0 atom stereocenters. The number of hydrogen-bond acceptors (Lipinski definition) is 6. The number of nitrogens with zero attached hydrogens (tertiary/aromatic N) is 3. The number of aromatic nitrogens is 2. The number of anilines is 2. The van der Waals surface area contributed by atoms with Crippen LogP contribution in [0.3, 0.4) is 0 Å². The molecule has 1 aliphatic rings. The van der Waals surface area contributed by atoms with E-state index in [0.717, 1.165) is 37.1 Å². The maximum absolute atomic E-state index is 14.3. The minimum atomic E-state index is -0.448. The molecule has 37 heavy (non-hydrogen) atoms. The standard InChI is InChI=1S/C28H26FN5O3/c1-18-6-7-22(32-27(35)20-11-21(29)13-23(12-20)34-9-2-3-10-34)14-24(18)25-15-26(37-33-25)28(36)31-17-19-5-4-8-30-16-19/h4-8,11-16H,2-3,9-10,17H2,1H3,(H,31,36)(H,32,35). The second kappa shape index (κ2) is 10.6. The second-order valence-electron chi connectivity index (χ2n) is 9.00. The number of nitrogens with one attached hydrogen (secondary N) is 2. The van der Waals surface area contributed by atoms with Gasteiger partial charge in [0.15, 0.2) is 0 Å². The summed E-state index contributed by atoms with van der Waals surface area (Å²) in [6.07, 6.45) is 5.45. The van der Waals surface area contributed by atoms with E-state index >= 15 is 0 Å². The molecule has 1 saturated heterocycles. The molecule has 2 aromatic heterocycles. The van der Waals surface area contributed by atoms with Crippen molar-refractivity contribution in [3.8, 4) is 11.3 Å². The molecule has 1 aliphatic heterocycles. The van der Waals surface area contributed by atoms with Gasteiger partial charge in [-0.1, -0.05) is 17.3 Å². The van der Waals surface area contributed by atoms with E-state index in [0.29, 0.717) is 29.2 Å².